The van der Waals surface area contributed by atoms with Gasteiger partial charge in [-0.25, -0.2) is 0 Å². The first-order chi connectivity index (χ1) is 12.6. The average molecular weight is 372 g/mol. The summed E-state index contributed by atoms with van der Waals surface area (Å²) in [7, 11) is 1.96. The second-order valence-corrected chi connectivity index (χ2v) is 7.89. The van der Waals surface area contributed by atoms with Crippen LogP contribution in [-0.2, 0) is 26.7 Å². The van der Waals surface area contributed by atoms with Crippen molar-refractivity contribution in [2.45, 2.75) is 38.6 Å². The van der Waals surface area contributed by atoms with E-state index in [0.717, 1.165) is 72.0 Å². The molecule has 1 atom stereocenters. The van der Waals surface area contributed by atoms with Crippen LogP contribution in [0.2, 0.25) is 5.02 Å². The Bertz CT molecular complexity index is 974. The van der Waals surface area contributed by atoms with E-state index < -0.39 is 6.10 Å². The second-order valence-electron chi connectivity index (χ2n) is 7.48. The summed E-state index contributed by atoms with van der Waals surface area (Å²) in [4.78, 5) is 2.37. The largest absolute Gasteiger partial charge is 0.386 e. The maximum atomic E-state index is 10.3. The summed E-state index contributed by atoms with van der Waals surface area (Å²) in [6, 6.07) is 8.00. The lowest BCUT2D eigenvalue weighted by Gasteiger charge is -2.26. The second kappa shape index (κ2) is 6.08. The van der Waals surface area contributed by atoms with Gasteiger partial charge in [0.2, 0.25) is 0 Å². The highest BCUT2D eigenvalue weighted by Crippen LogP contribution is 2.40. The van der Waals surface area contributed by atoms with Crippen molar-refractivity contribution in [1.82, 2.24) is 24.5 Å². The van der Waals surface area contributed by atoms with E-state index in [1.54, 1.807) is 0 Å². The predicted molar refractivity (Wildman–Crippen MR) is 99.7 cm³/mol. The molecular weight excluding hydrogens is 350 g/mol. The van der Waals surface area contributed by atoms with Crippen LogP contribution in [0.5, 0.6) is 0 Å². The molecular formula is C19H22ClN5O. The number of aromatic nitrogens is 4. The predicted octanol–water partition coefficient (Wildman–Crippen LogP) is 2.88. The van der Waals surface area contributed by atoms with Crippen molar-refractivity contribution in [3.63, 3.8) is 0 Å². The average Bonchev–Trinajstić information content (AvgIpc) is 3.31. The Kier molecular flexibility index (Phi) is 3.81. The van der Waals surface area contributed by atoms with Crippen molar-refractivity contribution in [1.29, 1.82) is 0 Å². The van der Waals surface area contributed by atoms with Crippen molar-refractivity contribution < 1.29 is 5.11 Å². The molecule has 1 aliphatic heterocycles. The molecule has 0 radical (unpaired) electrons. The van der Waals surface area contributed by atoms with E-state index >= 15 is 0 Å². The first-order valence-electron chi connectivity index (χ1n) is 9.17. The number of aliphatic hydroxyl groups excluding tert-OH is 1. The Hall–Kier alpha value is -1.89. The van der Waals surface area contributed by atoms with Crippen LogP contribution < -0.4 is 0 Å². The van der Waals surface area contributed by atoms with Crippen molar-refractivity contribution >= 4 is 22.5 Å². The smallest absolute Gasteiger partial charge is 0.101 e. The lowest BCUT2D eigenvalue weighted by molar-refractivity contribution is 0.147. The molecule has 1 aliphatic carbocycles. The van der Waals surface area contributed by atoms with Gasteiger partial charge in [0.05, 0.1) is 34.2 Å². The molecule has 7 heteroatoms. The van der Waals surface area contributed by atoms with Crippen LogP contribution >= 0.6 is 11.6 Å². The molecule has 1 aromatic carbocycles. The summed E-state index contributed by atoms with van der Waals surface area (Å²) in [5.41, 5.74) is 4.07. The van der Waals surface area contributed by atoms with Crippen LogP contribution in [-0.4, -0.2) is 36.1 Å². The van der Waals surface area contributed by atoms with E-state index in [1.807, 2.05) is 28.5 Å². The van der Waals surface area contributed by atoms with Gasteiger partial charge in [0.25, 0.3) is 0 Å². The van der Waals surface area contributed by atoms with Gasteiger partial charge in [-0.2, -0.15) is 10.2 Å². The highest BCUT2D eigenvalue weighted by Gasteiger charge is 2.33. The van der Waals surface area contributed by atoms with Gasteiger partial charge in [0.15, 0.2) is 0 Å². The zero-order chi connectivity index (χ0) is 17.8. The Morgan fingerprint density at radius 1 is 1.27 bits per heavy atom. The van der Waals surface area contributed by atoms with E-state index in [9.17, 15) is 5.11 Å². The lowest BCUT2D eigenvalue weighted by atomic mass is 10.1. The summed E-state index contributed by atoms with van der Waals surface area (Å²) in [6.45, 7) is 3.32. The fourth-order valence-corrected chi connectivity index (χ4v) is 4.23. The third kappa shape index (κ3) is 2.73. The number of aryl methyl sites for hydroxylation is 1. The molecule has 1 saturated carbocycles. The number of hydrogen-bond donors (Lipinski definition) is 1. The summed E-state index contributed by atoms with van der Waals surface area (Å²) in [5, 5.41) is 21.5. The molecule has 5 rings (SSSR count). The van der Waals surface area contributed by atoms with Gasteiger partial charge in [-0.05, 0) is 37.0 Å². The first-order valence-corrected chi connectivity index (χ1v) is 9.55. The number of nitrogens with zero attached hydrogens (tertiary/aromatic N) is 5. The third-order valence-corrected chi connectivity index (χ3v) is 5.86. The van der Waals surface area contributed by atoms with Crippen LogP contribution in [0.4, 0.5) is 0 Å². The molecule has 0 bridgehead atoms. The maximum absolute atomic E-state index is 10.3. The van der Waals surface area contributed by atoms with Gasteiger partial charge in [-0.3, -0.25) is 14.3 Å². The monoisotopic (exact) mass is 371 g/mol. The van der Waals surface area contributed by atoms with Crippen molar-refractivity contribution in [3.8, 4) is 0 Å². The van der Waals surface area contributed by atoms with E-state index in [2.05, 4.69) is 22.1 Å². The number of aliphatic hydroxyl groups is 1. The summed E-state index contributed by atoms with van der Waals surface area (Å²) < 4.78 is 3.94. The molecule has 26 heavy (non-hydrogen) atoms. The van der Waals surface area contributed by atoms with Gasteiger partial charge >= 0.3 is 0 Å². The van der Waals surface area contributed by atoms with Crippen molar-refractivity contribution in [2.75, 3.05) is 6.54 Å². The topological polar surface area (TPSA) is 59.1 Å². The van der Waals surface area contributed by atoms with Gasteiger partial charge in [-0.15, -0.1) is 0 Å². The maximum Gasteiger partial charge on any atom is 0.101 e. The number of benzene rings is 1. The van der Waals surface area contributed by atoms with Gasteiger partial charge in [0.1, 0.15) is 6.10 Å². The molecule has 0 saturated heterocycles. The Morgan fingerprint density at radius 3 is 2.92 bits per heavy atom. The summed E-state index contributed by atoms with van der Waals surface area (Å²) >= 11 is 6.43. The molecule has 1 fully saturated rings. The molecule has 0 spiro atoms. The Morgan fingerprint density at radius 2 is 2.12 bits per heavy atom. The molecule has 1 N–H and O–H groups in total. The van der Waals surface area contributed by atoms with E-state index in [-0.39, 0.29) is 0 Å². The van der Waals surface area contributed by atoms with E-state index in [0.29, 0.717) is 5.92 Å². The molecule has 0 amide bonds. The fraction of sp³-hybridized carbons (Fsp3) is 0.474. The molecule has 136 valence electrons. The standard InChI is InChI=1S/C19H22ClN5O/c1-23-17-4-2-3-14(20)18(17)16(21-23)11-24-7-8-25-13(10-24)9-15(22-25)19(26)12-5-6-12/h2-4,9,12,19,26H,5-8,10-11H2,1H3/t19-/m0/s1. The van der Waals surface area contributed by atoms with E-state index in [1.165, 1.54) is 0 Å². The van der Waals surface area contributed by atoms with Crippen LogP contribution in [0, 0.1) is 5.92 Å². The molecule has 0 unspecified atom stereocenters. The number of hydrogen-bond acceptors (Lipinski definition) is 4. The molecule has 2 aliphatic rings. The number of halogens is 1. The van der Waals surface area contributed by atoms with Crippen molar-refractivity contribution in [3.05, 3.63) is 46.4 Å². The zero-order valence-electron chi connectivity index (χ0n) is 14.8. The summed E-state index contributed by atoms with van der Waals surface area (Å²) in [5.74, 6) is 0.407. The first kappa shape index (κ1) is 16.3. The van der Waals surface area contributed by atoms with E-state index in [4.69, 9.17) is 16.7 Å². The Balaban J connectivity index is 1.38. The molecule has 2 aromatic heterocycles. The van der Waals surface area contributed by atoms with Crippen LogP contribution in [0.1, 0.15) is 36.0 Å². The van der Waals surface area contributed by atoms with Crippen LogP contribution in [0.3, 0.4) is 0 Å². The number of fused-ring (bicyclic) bond motifs is 2. The molecule has 3 aromatic rings. The highest BCUT2D eigenvalue weighted by molar-refractivity contribution is 6.35. The SMILES string of the molecule is Cn1nc(CN2CCn3nc([C@@H](O)C4CC4)cc3C2)c2c(Cl)cccc21. The fourth-order valence-electron chi connectivity index (χ4n) is 3.95. The lowest BCUT2D eigenvalue weighted by Crippen LogP contribution is -2.33. The molecule has 6 nitrogen and oxygen atoms in total. The normalized spacial score (nSPS) is 19.0. The van der Waals surface area contributed by atoms with Crippen LogP contribution in [0.25, 0.3) is 10.9 Å². The minimum Gasteiger partial charge on any atom is -0.386 e. The van der Waals surface area contributed by atoms with Gasteiger partial charge < -0.3 is 5.11 Å². The van der Waals surface area contributed by atoms with Crippen molar-refractivity contribution in [2.24, 2.45) is 13.0 Å². The third-order valence-electron chi connectivity index (χ3n) is 5.54. The minimum absolute atomic E-state index is 0.403. The van der Waals surface area contributed by atoms with Gasteiger partial charge in [0, 0.05) is 32.1 Å². The highest BCUT2D eigenvalue weighted by atomic mass is 35.5. The summed E-state index contributed by atoms with van der Waals surface area (Å²) in [6.07, 6.45) is 1.83. The van der Waals surface area contributed by atoms with Gasteiger partial charge in [-0.1, -0.05) is 17.7 Å². The molecule has 3 heterocycles. The minimum atomic E-state index is -0.403. The van der Waals surface area contributed by atoms with Crippen LogP contribution in [0.15, 0.2) is 24.3 Å². The Labute approximate surface area is 157 Å². The quantitative estimate of drug-likeness (QED) is 0.766. The number of rotatable bonds is 4. The zero-order valence-corrected chi connectivity index (χ0v) is 15.5.